The normalized spacial score (nSPS) is 11.9. The fourth-order valence-corrected chi connectivity index (χ4v) is 4.95. The Labute approximate surface area is 177 Å². The molecule has 0 aliphatic heterocycles. The van der Waals surface area contributed by atoms with Crippen molar-refractivity contribution in [3.63, 3.8) is 0 Å². The number of methoxy groups -OCH3 is 1. The number of benzene rings is 1. The van der Waals surface area contributed by atoms with Gasteiger partial charge in [0.25, 0.3) is 5.22 Å². The lowest BCUT2D eigenvalue weighted by atomic mass is 10.1. The van der Waals surface area contributed by atoms with Crippen molar-refractivity contribution in [3.05, 3.63) is 40.5 Å². The number of hydrogen-bond donors (Lipinski definition) is 0. The van der Waals surface area contributed by atoms with E-state index in [0.29, 0.717) is 28.0 Å². The third-order valence-corrected chi connectivity index (χ3v) is 6.22. The summed E-state index contributed by atoms with van der Waals surface area (Å²) in [5.41, 5.74) is 1.58. The van der Waals surface area contributed by atoms with Gasteiger partial charge >= 0.3 is 6.18 Å². The molecule has 3 heterocycles. The van der Waals surface area contributed by atoms with Crippen molar-refractivity contribution in [2.45, 2.75) is 36.7 Å². The van der Waals surface area contributed by atoms with Gasteiger partial charge in [0.15, 0.2) is 0 Å². The van der Waals surface area contributed by atoms with Gasteiger partial charge in [0.05, 0.1) is 7.11 Å². The van der Waals surface area contributed by atoms with E-state index in [4.69, 9.17) is 9.15 Å². The molecule has 0 atom stereocenters. The maximum absolute atomic E-state index is 13.3. The number of halogens is 3. The van der Waals surface area contributed by atoms with E-state index in [1.54, 1.807) is 31.4 Å². The number of nitrogens with zero attached hydrogens (tertiary/aromatic N) is 4. The number of aromatic nitrogens is 4. The lowest BCUT2D eigenvalue weighted by Crippen LogP contribution is -2.11. The van der Waals surface area contributed by atoms with Crippen LogP contribution in [-0.2, 0) is 12.6 Å². The van der Waals surface area contributed by atoms with Gasteiger partial charge in [-0.05, 0) is 54.9 Å². The van der Waals surface area contributed by atoms with Crippen LogP contribution in [0.2, 0.25) is 0 Å². The van der Waals surface area contributed by atoms with Crippen LogP contribution in [0.4, 0.5) is 13.2 Å². The molecule has 3 aromatic heterocycles. The number of hydrogen-bond acceptors (Lipinski definition) is 8. The molecule has 4 rings (SSSR count). The molecule has 0 saturated carbocycles. The first-order chi connectivity index (χ1) is 14.3. The van der Waals surface area contributed by atoms with Crippen LogP contribution in [0.5, 0.6) is 5.75 Å². The zero-order valence-corrected chi connectivity index (χ0v) is 17.7. The number of aryl methyl sites for hydroxylation is 2. The predicted molar refractivity (Wildman–Crippen MR) is 107 cm³/mol. The molecule has 0 aliphatic rings. The number of ether oxygens (including phenoxy) is 1. The Morgan fingerprint density at radius 2 is 1.87 bits per heavy atom. The third-order valence-electron chi connectivity index (χ3n) is 4.35. The zero-order valence-electron chi connectivity index (χ0n) is 16.1. The van der Waals surface area contributed by atoms with Crippen LogP contribution in [0.3, 0.4) is 0 Å². The third kappa shape index (κ3) is 3.86. The van der Waals surface area contributed by atoms with Crippen LogP contribution in [0.1, 0.15) is 23.2 Å². The molecule has 1 aromatic carbocycles. The van der Waals surface area contributed by atoms with Crippen LogP contribution in [0, 0.1) is 6.92 Å². The Balaban J connectivity index is 1.75. The van der Waals surface area contributed by atoms with Crippen molar-refractivity contribution in [1.82, 2.24) is 20.2 Å². The van der Waals surface area contributed by atoms with E-state index in [1.165, 1.54) is 11.3 Å². The molecular formula is C19H15F3N4O2S2. The molecule has 156 valence electrons. The van der Waals surface area contributed by atoms with Crippen LogP contribution < -0.4 is 4.74 Å². The second-order valence-electron chi connectivity index (χ2n) is 6.22. The lowest BCUT2D eigenvalue weighted by Gasteiger charge is -2.08. The molecule has 0 saturated heterocycles. The monoisotopic (exact) mass is 452 g/mol. The molecule has 4 aromatic rings. The van der Waals surface area contributed by atoms with Gasteiger partial charge in [0.1, 0.15) is 15.6 Å². The fourth-order valence-electron chi connectivity index (χ4n) is 2.95. The maximum Gasteiger partial charge on any atom is 0.451 e. The summed E-state index contributed by atoms with van der Waals surface area (Å²) in [4.78, 5) is 8.73. The first kappa shape index (κ1) is 20.6. The van der Waals surface area contributed by atoms with Gasteiger partial charge in [0, 0.05) is 15.8 Å². The van der Waals surface area contributed by atoms with Gasteiger partial charge in [-0.15, -0.1) is 21.5 Å². The summed E-state index contributed by atoms with van der Waals surface area (Å²) in [5, 5.41) is 8.81. The standard InChI is InChI=1S/C19H15F3N4O2S2/c1-4-12-9(2)29-15-13(12)16(24-17(23-15)19(20,21)22)30-18-26-25-14(28-18)10-5-7-11(27-3)8-6-10/h5-8H,4H2,1-3H3. The van der Waals surface area contributed by atoms with E-state index in [0.717, 1.165) is 22.2 Å². The van der Waals surface area contributed by atoms with Gasteiger partial charge in [-0.1, -0.05) is 6.92 Å². The molecule has 6 nitrogen and oxygen atoms in total. The molecule has 0 fully saturated rings. The molecule has 11 heteroatoms. The van der Waals surface area contributed by atoms with E-state index in [1.807, 2.05) is 13.8 Å². The predicted octanol–water partition coefficient (Wildman–Crippen LogP) is 5.79. The first-order valence-electron chi connectivity index (χ1n) is 8.83. The number of rotatable bonds is 5. The van der Waals surface area contributed by atoms with E-state index >= 15 is 0 Å². The summed E-state index contributed by atoms with van der Waals surface area (Å²) in [7, 11) is 1.56. The van der Waals surface area contributed by atoms with E-state index in [-0.39, 0.29) is 16.1 Å². The van der Waals surface area contributed by atoms with Crippen LogP contribution in [0.15, 0.2) is 38.9 Å². The largest absolute Gasteiger partial charge is 0.497 e. The fraction of sp³-hybridized carbons (Fsp3) is 0.263. The molecular weight excluding hydrogens is 437 g/mol. The smallest absolute Gasteiger partial charge is 0.451 e. The SMILES string of the molecule is CCc1c(C)sc2nc(C(F)(F)F)nc(Sc3nnc(-c4ccc(OC)cc4)o3)c12. The van der Waals surface area contributed by atoms with Gasteiger partial charge in [-0.2, -0.15) is 13.2 Å². The highest BCUT2D eigenvalue weighted by Gasteiger charge is 2.36. The van der Waals surface area contributed by atoms with Crippen molar-refractivity contribution in [1.29, 1.82) is 0 Å². The summed E-state index contributed by atoms with van der Waals surface area (Å²) < 4.78 is 50.7. The minimum Gasteiger partial charge on any atom is -0.497 e. The molecule has 0 spiro atoms. The zero-order chi connectivity index (χ0) is 21.5. The van der Waals surface area contributed by atoms with E-state index < -0.39 is 12.0 Å². The number of fused-ring (bicyclic) bond motifs is 1. The summed E-state index contributed by atoms with van der Waals surface area (Å²) in [6, 6.07) is 7.00. The molecule has 0 N–H and O–H groups in total. The van der Waals surface area contributed by atoms with Crippen LogP contribution in [0.25, 0.3) is 21.7 Å². The Morgan fingerprint density at radius 1 is 1.13 bits per heavy atom. The Kier molecular flexibility index (Phi) is 5.41. The van der Waals surface area contributed by atoms with Crippen LogP contribution >= 0.6 is 23.1 Å². The minimum atomic E-state index is -4.66. The van der Waals surface area contributed by atoms with Gasteiger partial charge in [0.2, 0.25) is 11.7 Å². The average molecular weight is 452 g/mol. The summed E-state index contributed by atoms with van der Waals surface area (Å²) in [6.45, 7) is 3.80. The van der Waals surface area contributed by atoms with Crippen LogP contribution in [-0.4, -0.2) is 27.3 Å². The van der Waals surface area contributed by atoms with Crippen molar-refractivity contribution in [2.24, 2.45) is 0 Å². The Bertz CT molecular complexity index is 1200. The highest BCUT2D eigenvalue weighted by atomic mass is 32.2. The summed E-state index contributed by atoms with van der Waals surface area (Å²) >= 11 is 2.12. The van der Waals surface area contributed by atoms with E-state index in [9.17, 15) is 13.2 Å². The van der Waals surface area contributed by atoms with Crippen molar-refractivity contribution in [2.75, 3.05) is 7.11 Å². The molecule has 0 bridgehead atoms. The quantitative estimate of drug-likeness (QED) is 0.355. The van der Waals surface area contributed by atoms with Gasteiger partial charge in [-0.3, -0.25) is 0 Å². The molecule has 0 amide bonds. The van der Waals surface area contributed by atoms with Crippen molar-refractivity contribution < 1.29 is 22.3 Å². The first-order valence-corrected chi connectivity index (χ1v) is 10.5. The van der Waals surface area contributed by atoms with E-state index in [2.05, 4.69) is 20.2 Å². The Morgan fingerprint density at radius 3 is 2.50 bits per heavy atom. The number of thiophene rings is 1. The highest BCUT2D eigenvalue weighted by molar-refractivity contribution is 7.99. The lowest BCUT2D eigenvalue weighted by molar-refractivity contribution is -0.145. The Hall–Kier alpha value is -2.66. The maximum atomic E-state index is 13.3. The van der Waals surface area contributed by atoms with Crippen molar-refractivity contribution in [3.8, 4) is 17.2 Å². The average Bonchev–Trinajstić information content (AvgIpc) is 3.30. The van der Waals surface area contributed by atoms with Gasteiger partial charge < -0.3 is 9.15 Å². The molecule has 0 radical (unpaired) electrons. The summed E-state index contributed by atoms with van der Waals surface area (Å²) in [5.74, 6) is -0.258. The highest BCUT2D eigenvalue weighted by Crippen LogP contribution is 2.41. The minimum absolute atomic E-state index is 0.0971. The number of alkyl halides is 3. The van der Waals surface area contributed by atoms with Crippen molar-refractivity contribution >= 4 is 33.3 Å². The molecule has 30 heavy (non-hydrogen) atoms. The summed E-state index contributed by atoms with van der Waals surface area (Å²) in [6.07, 6.45) is -4.01. The second-order valence-corrected chi connectivity index (χ2v) is 8.37. The molecule has 0 unspecified atom stereocenters. The van der Waals surface area contributed by atoms with Gasteiger partial charge in [-0.25, -0.2) is 9.97 Å². The second kappa shape index (κ2) is 7.88. The topological polar surface area (TPSA) is 73.9 Å². The molecule has 0 aliphatic carbocycles.